The van der Waals surface area contributed by atoms with E-state index in [0.717, 1.165) is 50.2 Å². The van der Waals surface area contributed by atoms with Crippen LogP contribution in [-0.4, -0.2) is 39.8 Å². The van der Waals surface area contributed by atoms with Crippen LogP contribution in [0.2, 0.25) is 0 Å². The molecule has 4 heteroatoms. The number of para-hydroxylation sites is 1. The fourth-order valence-electron chi connectivity index (χ4n) is 4.67. The lowest BCUT2D eigenvalue weighted by Crippen LogP contribution is -2.47. The van der Waals surface area contributed by atoms with E-state index < -0.39 is 0 Å². The van der Waals surface area contributed by atoms with Crippen molar-refractivity contribution in [2.24, 2.45) is 5.92 Å². The molecule has 4 nitrogen and oxygen atoms in total. The molecule has 3 fully saturated rings. The normalized spacial score (nSPS) is 22.6. The molecule has 0 N–H and O–H groups in total. The monoisotopic (exact) mass is 371 g/mol. The Hall–Kier alpha value is -2.72. The van der Waals surface area contributed by atoms with Crippen LogP contribution in [0.4, 0.5) is 0 Å². The Labute approximate surface area is 165 Å². The van der Waals surface area contributed by atoms with Crippen LogP contribution < -0.4 is 0 Å². The second-order valence-corrected chi connectivity index (χ2v) is 8.07. The average molecular weight is 371 g/mol. The number of amides is 1. The molecule has 2 atom stereocenters. The lowest BCUT2D eigenvalue weighted by Gasteiger charge is -2.36. The highest BCUT2D eigenvalue weighted by molar-refractivity contribution is 5.80. The molecule has 0 spiro atoms. The zero-order valence-electron chi connectivity index (χ0n) is 16.0. The SMILES string of the molecule is O=C1[C@H]2CC[C@H](CN(Cc3ccc4ccccc4n3)C2)N1Cc1ccccc1. The average Bonchev–Trinajstić information content (AvgIpc) is 3.00. The lowest BCUT2D eigenvalue weighted by atomic mass is 9.93. The van der Waals surface area contributed by atoms with E-state index in [-0.39, 0.29) is 5.92 Å². The Balaban J connectivity index is 1.34. The number of piperidine rings is 1. The van der Waals surface area contributed by atoms with Gasteiger partial charge in [0.25, 0.3) is 0 Å². The Morgan fingerprint density at radius 2 is 1.68 bits per heavy atom. The summed E-state index contributed by atoms with van der Waals surface area (Å²) >= 11 is 0. The van der Waals surface area contributed by atoms with Gasteiger partial charge in [-0.15, -0.1) is 0 Å². The first-order valence-corrected chi connectivity index (χ1v) is 10.2. The fraction of sp³-hybridized carbons (Fsp3) is 0.333. The predicted octanol–water partition coefficient (Wildman–Crippen LogP) is 3.86. The third-order valence-corrected chi connectivity index (χ3v) is 6.11. The quantitative estimate of drug-likeness (QED) is 0.699. The topological polar surface area (TPSA) is 36.4 Å². The van der Waals surface area contributed by atoms with E-state index >= 15 is 0 Å². The molecule has 0 unspecified atom stereocenters. The number of pyridine rings is 1. The van der Waals surface area contributed by atoms with Crippen molar-refractivity contribution in [3.63, 3.8) is 0 Å². The Kier molecular flexibility index (Phi) is 4.57. The molecule has 0 aliphatic carbocycles. The molecule has 3 aliphatic heterocycles. The second kappa shape index (κ2) is 7.36. The number of nitrogens with zero attached hydrogens (tertiary/aromatic N) is 3. The summed E-state index contributed by atoms with van der Waals surface area (Å²) in [6.07, 6.45) is 2.11. The third-order valence-electron chi connectivity index (χ3n) is 6.11. The largest absolute Gasteiger partial charge is 0.334 e. The van der Waals surface area contributed by atoms with Crippen molar-refractivity contribution in [1.29, 1.82) is 0 Å². The van der Waals surface area contributed by atoms with E-state index in [1.807, 2.05) is 30.3 Å². The van der Waals surface area contributed by atoms with Crippen LogP contribution in [0.3, 0.4) is 0 Å². The maximum atomic E-state index is 13.1. The summed E-state index contributed by atoms with van der Waals surface area (Å²) in [5.74, 6) is 0.442. The predicted molar refractivity (Wildman–Crippen MR) is 111 cm³/mol. The summed E-state index contributed by atoms with van der Waals surface area (Å²) in [6.45, 7) is 3.31. The molecule has 2 bridgehead atoms. The van der Waals surface area contributed by atoms with E-state index in [4.69, 9.17) is 4.98 Å². The summed E-state index contributed by atoms with van der Waals surface area (Å²) < 4.78 is 0. The number of aromatic nitrogens is 1. The van der Waals surface area contributed by atoms with Crippen molar-refractivity contribution in [2.45, 2.75) is 32.0 Å². The number of rotatable bonds is 4. The van der Waals surface area contributed by atoms with Gasteiger partial charge >= 0.3 is 0 Å². The molecule has 3 saturated heterocycles. The molecule has 1 amide bonds. The van der Waals surface area contributed by atoms with E-state index in [1.54, 1.807) is 0 Å². The summed E-state index contributed by atoms with van der Waals surface area (Å²) in [5.41, 5.74) is 3.34. The fourth-order valence-corrected chi connectivity index (χ4v) is 4.67. The van der Waals surface area contributed by atoms with Crippen molar-refractivity contribution in [1.82, 2.24) is 14.8 Å². The van der Waals surface area contributed by atoms with E-state index in [1.165, 1.54) is 10.9 Å². The minimum atomic E-state index is 0.114. The molecule has 3 aliphatic rings. The minimum Gasteiger partial charge on any atom is -0.334 e. The molecule has 1 aromatic heterocycles. The number of hydrogen-bond acceptors (Lipinski definition) is 3. The van der Waals surface area contributed by atoms with Gasteiger partial charge in [0.2, 0.25) is 5.91 Å². The molecule has 0 saturated carbocycles. The zero-order chi connectivity index (χ0) is 18.9. The maximum absolute atomic E-state index is 13.1. The van der Waals surface area contributed by atoms with Gasteiger partial charge in [-0.25, -0.2) is 0 Å². The molecular weight excluding hydrogens is 346 g/mol. The zero-order valence-corrected chi connectivity index (χ0v) is 16.0. The van der Waals surface area contributed by atoms with Crippen LogP contribution in [0.15, 0.2) is 66.7 Å². The molecule has 2 aromatic carbocycles. The third kappa shape index (κ3) is 3.40. The van der Waals surface area contributed by atoms with Gasteiger partial charge in [-0.3, -0.25) is 14.7 Å². The second-order valence-electron chi connectivity index (χ2n) is 8.07. The molecule has 4 heterocycles. The summed E-state index contributed by atoms with van der Waals surface area (Å²) in [5, 5.41) is 1.17. The molecule has 0 radical (unpaired) electrons. The molecule has 142 valence electrons. The maximum Gasteiger partial charge on any atom is 0.227 e. The summed E-state index contributed by atoms with van der Waals surface area (Å²) in [4.78, 5) is 22.5. The van der Waals surface area contributed by atoms with Crippen LogP contribution in [0.1, 0.15) is 24.1 Å². The van der Waals surface area contributed by atoms with E-state index in [0.29, 0.717) is 11.9 Å². The first-order chi connectivity index (χ1) is 13.8. The number of benzene rings is 2. The van der Waals surface area contributed by atoms with E-state index in [9.17, 15) is 4.79 Å². The molecule has 6 rings (SSSR count). The van der Waals surface area contributed by atoms with Crippen molar-refractivity contribution in [3.8, 4) is 0 Å². The van der Waals surface area contributed by atoms with Gasteiger partial charge < -0.3 is 4.90 Å². The summed E-state index contributed by atoms with van der Waals surface area (Å²) in [7, 11) is 0. The van der Waals surface area contributed by atoms with Crippen molar-refractivity contribution >= 4 is 16.8 Å². The Morgan fingerprint density at radius 1 is 0.857 bits per heavy atom. The number of carbonyl (C=O) groups is 1. The first-order valence-electron chi connectivity index (χ1n) is 10.2. The van der Waals surface area contributed by atoms with Crippen LogP contribution in [0, 0.1) is 5.92 Å². The molecule has 28 heavy (non-hydrogen) atoms. The highest BCUT2D eigenvalue weighted by atomic mass is 16.2. The standard InChI is InChI=1S/C24H25N3O/c28-24-20-11-13-22(27(24)14-18-6-2-1-3-7-18)17-26(15-20)16-21-12-10-19-8-4-5-9-23(19)25-21/h1-10,12,20,22H,11,13-17H2/t20-,22+/m0/s1. The lowest BCUT2D eigenvalue weighted by molar-refractivity contribution is -0.140. The molecule has 3 aromatic rings. The number of carbonyl (C=O) groups excluding carboxylic acids is 1. The highest BCUT2D eigenvalue weighted by Crippen LogP contribution is 2.31. The minimum absolute atomic E-state index is 0.114. The van der Waals surface area contributed by atoms with Gasteiger partial charge in [0.05, 0.1) is 17.1 Å². The van der Waals surface area contributed by atoms with Crippen LogP contribution in [0.25, 0.3) is 10.9 Å². The van der Waals surface area contributed by atoms with E-state index in [2.05, 4.69) is 46.2 Å². The van der Waals surface area contributed by atoms with Gasteiger partial charge in [0, 0.05) is 37.6 Å². The van der Waals surface area contributed by atoms with Crippen molar-refractivity contribution < 1.29 is 4.79 Å². The van der Waals surface area contributed by atoms with Gasteiger partial charge in [0.1, 0.15) is 0 Å². The summed E-state index contributed by atoms with van der Waals surface area (Å²) in [6, 6.07) is 23.2. The van der Waals surface area contributed by atoms with Gasteiger partial charge in [0.15, 0.2) is 0 Å². The van der Waals surface area contributed by atoms with Crippen LogP contribution in [0.5, 0.6) is 0 Å². The highest BCUT2D eigenvalue weighted by Gasteiger charge is 2.40. The Morgan fingerprint density at radius 3 is 2.57 bits per heavy atom. The number of fused-ring (bicyclic) bond motifs is 5. The van der Waals surface area contributed by atoms with Crippen LogP contribution >= 0.6 is 0 Å². The van der Waals surface area contributed by atoms with Crippen LogP contribution in [-0.2, 0) is 17.9 Å². The van der Waals surface area contributed by atoms with Crippen molar-refractivity contribution in [3.05, 3.63) is 78.0 Å². The van der Waals surface area contributed by atoms with Gasteiger partial charge in [-0.05, 0) is 30.5 Å². The van der Waals surface area contributed by atoms with Gasteiger partial charge in [-0.2, -0.15) is 0 Å². The Bertz CT molecular complexity index is 987. The molecular formula is C24H25N3O. The number of hydrogen-bond donors (Lipinski definition) is 0. The van der Waals surface area contributed by atoms with Crippen molar-refractivity contribution in [2.75, 3.05) is 13.1 Å². The van der Waals surface area contributed by atoms with Gasteiger partial charge in [-0.1, -0.05) is 54.6 Å². The smallest absolute Gasteiger partial charge is 0.227 e. The first kappa shape index (κ1) is 17.4.